The summed E-state index contributed by atoms with van der Waals surface area (Å²) in [6.45, 7) is 17.7. The molecule has 5 aromatic carbocycles. The minimum atomic E-state index is -0.222. The van der Waals surface area contributed by atoms with Gasteiger partial charge < -0.3 is 5.11 Å². The largest absolute Gasteiger partial charge is 0.872 e. The molecule has 0 unspecified atom stereocenters. The number of aromatic nitrogens is 2. The fraction of sp³-hybridized carbons (Fsp3) is 0.353. The van der Waals surface area contributed by atoms with Crippen LogP contribution in [0.2, 0.25) is 0 Å². The zero-order valence-electron chi connectivity index (χ0n) is 34.5. The lowest BCUT2D eigenvalue weighted by Crippen LogP contribution is -2.53. The van der Waals surface area contributed by atoms with E-state index >= 15 is 0 Å². The number of imidazole rings is 1. The Kier molecular flexibility index (Phi) is 14.3. The molecule has 3 atom stereocenters. The van der Waals surface area contributed by atoms with E-state index in [1.807, 2.05) is 109 Å². The lowest BCUT2D eigenvalue weighted by atomic mass is 9.77. The van der Waals surface area contributed by atoms with Crippen molar-refractivity contribution in [2.45, 2.75) is 116 Å². The Morgan fingerprint density at radius 2 is 1.09 bits per heavy atom. The van der Waals surface area contributed by atoms with E-state index in [4.69, 9.17) is 0 Å². The number of nitrogens with one attached hydrogen (secondary N) is 1. The Balaban J connectivity index is 0.000000260. The van der Waals surface area contributed by atoms with Crippen LogP contribution in [0.25, 0.3) is 11.3 Å². The number of benzene rings is 5. The Morgan fingerprint density at radius 1 is 0.636 bits per heavy atom. The van der Waals surface area contributed by atoms with Gasteiger partial charge in [-0.25, -0.2) is 9.13 Å². The van der Waals surface area contributed by atoms with Gasteiger partial charge in [0.25, 0.3) is 5.82 Å². The van der Waals surface area contributed by atoms with Crippen LogP contribution in [0.1, 0.15) is 122 Å². The predicted molar refractivity (Wildman–Crippen MR) is 229 cm³/mol. The van der Waals surface area contributed by atoms with E-state index in [1.165, 1.54) is 41.9 Å². The molecular formula is C51H63N3O. The number of hydrogen-bond acceptors (Lipinski definition) is 2. The van der Waals surface area contributed by atoms with Crippen LogP contribution in [-0.2, 0) is 10.8 Å². The molecule has 1 aromatic heterocycles. The Morgan fingerprint density at radius 3 is 1.53 bits per heavy atom. The molecule has 1 saturated carbocycles. The van der Waals surface area contributed by atoms with E-state index in [2.05, 4.69) is 119 Å². The summed E-state index contributed by atoms with van der Waals surface area (Å²) in [5.41, 5.74) is 5.29. The second-order valence-corrected chi connectivity index (χ2v) is 17.1. The third kappa shape index (κ3) is 10.9. The molecule has 55 heavy (non-hydrogen) atoms. The predicted octanol–water partition coefficient (Wildman–Crippen LogP) is 11.9. The summed E-state index contributed by atoms with van der Waals surface area (Å²) in [5.74, 6) is 1.41. The molecule has 0 amide bonds. The van der Waals surface area contributed by atoms with E-state index in [9.17, 15) is 5.11 Å². The van der Waals surface area contributed by atoms with Crippen molar-refractivity contribution >= 4 is 0 Å². The van der Waals surface area contributed by atoms with Gasteiger partial charge in [-0.2, -0.15) is 0 Å². The first-order chi connectivity index (χ1) is 26.4. The lowest BCUT2D eigenvalue weighted by Gasteiger charge is -2.41. The molecule has 0 radical (unpaired) electrons. The third-order valence-electron chi connectivity index (χ3n) is 10.5. The van der Waals surface area contributed by atoms with Crippen molar-refractivity contribution in [2.75, 3.05) is 0 Å². The van der Waals surface area contributed by atoms with Gasteiger partial charge in [0.05, 0.1) is 6.04 Å². The van der Waals surface area contributed by atoms with E-state index in [1.54, 1.807) is 0 Å². The first-order valence-corrected chi connectivity index (χ1v) is 20.2. The van der Waals surface area contributed by atoms with Gasteiger partial charge in [-0.1, -0.05) is 205 Å². The van der Waals surface area contributed by atoms with Gasteiger partial charge in [0, 0.05) is 11.6 Å². The minimum Gasteiger partial charge on any atom is -0.872 e. The first-order valence-electron chi connectivity index (χ1n) is 20.2. The van der Waals surface area contributed by atoms with Crippen LogP contribution in [0, 0.1) is 0 Å². The topological polar surface area (TPSA) is 43.9 Å². The third-order valence-corrected chi connectivity index (χ3v) is 10.5. The molecular weight excluding hydrogens is 671 g/mol. The smallest absolute Gasteiger partial charge is 0.279 e. The van der Waals surface area contributed by atoms with Crippen molar-refractivity contribution in [3.63, 3.8) is 0 Å². The molecule has 2 heterocycles. The SMILES string of the molecule is CC(C)[n+]1cc(-c2ccccc2)n2c1[C@@H](c1cc(C(C)(C)C)cc(C(C)(C)C)c1[O-])N[C@@H]1CCCC[C@H]12.c1ccccc1.c1ccccc1.c1ccccc1. The highest BCUT2D eigenvalue weighted by Crippen LogP contribution is 2.45. The molecule has 8 rings (SSSR count). The van der Waals surface area contributed by atoms with Crippen LogP contribution in [-0.4, -0.2) is 10.6 Å². The summed E-state index contributed by atoms with van der Waals surface area (Å²) >= 11 is 0. The van der Waals surface area contributed by atoms with Crippen LogP contribution < -0.4 is 15.0 Å². The molecule has 4 nitrogen and oxygen atoms in total. The molecule has 1 N–H and O–H groups in total. The molecule has 6 aromatic rings. The molecule has 4 heteroatoms. The maximum absolute atomic E-state index is 14.3. The molecule has 1 aliphatic carbocycles. The van der Waals surface area contributed by atoms with E-state index in [0.29, 0.717) is 12.1 Å². The van der Waals surface area contributed by atoms with Crippen molar-refractivity contribution in [3.05, 3.63) is 180 Å². The highest BCUT2D eigenvalue weighted by molar-refractivity contribution is 5.60. The second-order valence-electron chi connectivity index (χ2n) is 17.1. The number of nitrogens with zero attached hydrogens (tertiary/aromatic N) is 2. The summed E-state index contributed by atoms with van der Waals surface area (Å²) < 4.78 is 5.03. The van der Waals surface area contributed by atoms with Crippen molar-refractivity contribution in [3.8, 4) is 17.0 Å². The molecule has 0 saturated heterocycles. The van der Waals surface area contributed by atoms with Crippen LogP contribution in [0.4, 0.5) is 0 Å². The highest BCUT2D eigenvalue weighted by Gasteiger charge is 2.46. The van der Waals surface area contributed by atoms with Crippen molar-refractivity contribution in [2.24, 2.45) is 0 Å². The Labute approximate surface area is 331 Å². The molecule has 0 bridgehead atoms. The van der Waals surface area contributed by atoms with Gasteiger partial charge in [-0.05, 0) is 60.6 Å². The Hall–Kier alpha value is -4.93. The maximum atomic E-state index is 14.3. The van der Waals surface area contributed by atoms with Crippen molar-refractivity contribution < 1.29 is 9.67 Å². The maximum Gasteiger partial charge on any atom is 0.279 e. The fourth-order valence-corrected chi connectivity index (χ4v) is 7.52. The molecule has 288 valence electrons. The standard InChI is InChI=1S/C33H45N3O.3C6H6/c1-21(2)35-20-28(22-14-10-9-11-15-22)36-27-17-13-12-16-26(27)34-29(31(35)36)24-18-23(32(3,4)5)19-25(30(24)37)33(6,7)8;3*1-2-4-6-5-3-1/h9-11,14-15,18-21,26-27,29,34H,12-13,16-17H2,1-8H3;3*1-6H/t26-,27-,29-;;;/m1.../s1. The molecule has 2 aliphatic rings. The van der Waals surface area contributed by atoms with E-state index in [-0.39, 0.29) is 28.7 Å². The van der Waals surface area contributed by atoms with Crippen LogP contribution in [0.5, 0.6) is 5.75 Å². The van der Waals surface area contributed by atoms with Gasteiger partial charge in [0.1, 0.15) is 18.3 Å². The quantitative estimate of drug-likeness (QED) is 0.184. The summed E-state index contributed by atoms with van der Waals surface area (Å²) in [4.78, 5) is 0. The van der Waals surface area contributed by atoms with Gasteiger partial charge in [0.15, 0.2) is 5.69 Å². The average molecular weight is 734 g/mol. The van der Waals surface area contributed by atoms with E-state index < -0.39 is 0 Å². The first kappa shape index (κ1) is 41.2. The second kappa shape index (κ2) is 19.1. The summed E-state index contributed by atoms with van der Waals surface area (Å²) in [5, 5.41) is 18.3. The van der Waals surface area contributed by atoms with Crippen LogP contribution in [0.15, 0.2) is 158 Å². The number of hydrogen-bond donors (Lipinski definition) is 1. The molecule has 1 aliphatic heterocycles. The zero-order valence-corrected chi connectivity index (χ0v) is 34.5. The monoisotopic (exact) mass is 733 g/mol. The van der Waals surface area contributed by atoms with Crippen LogP contribution in [0.3, 0.4) is 0 Å². The average Bonchev–Trinajstić information content (AvgIpc) is 3.62. The summed E-state index contributed by atoms with van der Waals surface area (Å²) in [6.07, 6.45) is 7.14. The molecule has 0 spiro atoms. The highest BCUT2D eigenvalue weighted by atomic mass is 16.3. The van der Waals surface area contributed by atoms with Gasteiger partial charge in [0.2, 0.25) is 0 Å². The number of fused-ring (bicyclic) bond motifs is 3. The fourth-order valence-electron chi connectivity index (χ4n) is 7.52. The van der Waals surface area contributed by atoms with Gasteiger partial charge >= 0.3 is 0 Å². The van der Waals surface area contributed by atoms with Crippen molar-refractivity contribution in [1.29, 1.82) is 0 Å². The Bertz CT molecular complexity index is 1830. The van der Waals surface area contributed by atoms with E-state index in [0.717, 1.165) is 17.5 Å². The van der Waals surface area contributed by atoms with Crippen molar-refractivity contribution in [1.82, 2.24) is 9.88 Å². The summed E-state index contributed by atoms with van der Waals surface area (Å²) in [7, 11) is 0. The normalized spacial score (nSPS) is 17.5. The molecule has 1 fully saturated rings. The van der Waals surface area contributed by atoms with Gasteiger partial charge in [-0.3, -0.25) is 5.32 Å². The zero-order chi connectivity index (χ0) is 39.4. The summed E-state index contributed by atoms with van der Waals surface area (Å²) in [6, 6.07) is 52.1. The van der Waals surface area contributed by atoms with Gasteiger partial charge in [-0.15, -0.1) is 0 Å². The lowest BCUT2D eigenvalue weighted by molar-refractivity contribution is -0.724. The minimum absolute atomic E-state index is 0.0459. The number of rotatable bonds is 3. The van der Waals surface area contributed by atoms with Crippen LogP contribution >= 0.6 is 0 Å².